The van der Waals surface area contributed by atoms with Gasteiger partial charge < -0.3 is 5.73 Å². The topological polar surface area (TPSA) is 38.9 Å². The van der Waals surface area contributed by atoms with Crippen LogP contribution in [-0.4, -0.2) is 11.4 Å². The minimum Gasteiger partial charge on any atom is -0.319 e. The molecule has 0 radical (unpaired) electrons. The second kappa shape index (κ2) is 3.90. The molecule has 1 heterocycles. The second-order valence-corrected chi connectivity index (χ2v) is 3.30. The van der Waals surface area contributed by atoms with E-state index in [0.29, 0.717) is 5.56 Å². The summed E-state index contributed by atoms with van der Waals surface area (Å²) in [5.41, 5.74) is 5.90. The summed E-state index contributed by atoms with van der Waals surface area (Å²) in [5.74, 6) is 0. The Hall–Kier alpha value is -1.55. The van der Waals surface area contributed by atoms with Crippen molar-refractivity contribution in [3.05, 3.63) is 42.2 Å². The van der Waals surface area contributed by atoms with Crippen LogP contribution >= 0.6 is 0 Å². The molecule has 1 unspecified atom stereocenters. The summed E-state index contributed by atoms with van der Waals surface area (Å²) in [5, 5.41) is 1.56. The van der Waals surface area contributed by atoms with Crippen molar-refractivity contribution in [2.24, 2.45) is 5.73 Å². The largest absolute Gasteiger partial charge is 0.319 e. The molecule has 2 N–H and O–H groups in total. The van der Waals surface area contributed by atoms with Crippen LogP contribution < -0.4 is 5.73 Å². The van der Waals surface area contributed by atoms with Gasteiger partial charge in [0.15, 0.2) is 0 Å². The Labute approximate surface area is 85.7 Å². The van der Waals surface area contributed by atoms with Gasteiger partial charge in [-0.05, 0) is 17.0 Å². The van der Waals surface area contributed by atoms with Gasteiger partial charge in [-0.3, -0.25) is 4.98 Å². The lowest BCUT2D eigenvalue weighted by atomic mass is 10.0. The van der Waals surface area contributed by atoms with E-state index >= 15 is 0 Å². The Morgan fingerprint density at radius 2 is 2.00 bits per heavy atom. The molecule has 0 bridgehead atoms. The molecule has 1 atom stereocenters. The first kappa shape index (κ1) is 9.98. The van der Waals surface area contributed by atoms with Gasteiger partial charge in [0.05, 0.1) is 6.04 Å². The fraction of sp³-hybridized carbons (Fsp3) is 0.182. The molecular weight excluding hydrogens is 198 g/mol. The zero-order valence-electron chi connectivity index (χ0n) is 7.90. The fourth-order valence-corrected chi connectivity index (χ4v) is 1.57. The molecule has 2 nitrogen and oxygen atoms in total. The minimum atomic E-state index is -2.55. The van der Waals surface area contributed by atoms with Crippen LogP contribution in [0.3, 0.4) is 0 Å². The fourth-order valence-electron chi connectivity index (χ4n) is 1.57. The summed E-state index contributed by atoms with van der Waals surface area (Å²) in [4.78, 5) is 3.93. The number of alkyl halides is 2. The molecule has 0 spiro atoms. The number of pyridine rings is 1. The summed E-state index contributed by atoms with van der Waals surface area (Å²) < 4.78 is 25.0. The summed E-state index contributed by atoms with van der Waals surface area (Å²) in [6.45, 7) is 0. The van der Waals surface area contributed by atoms with E-state index in [0.717, 1.165) is 10.8 Å². The molecule has 0 fully saturated rings. The lowest BCUT2D eigenvalue weighted by Gasteiger charge is -2.13. The Kier molecular flexibility index (Phi) is 2.60. The van der Waals surface area contributed by atoms with Gasteiger partial charge in [-0.15, -0.1) is 0 Å². The first-order valence-corrected chi connectivity index (χ1v) is 4.56. The Bertz CT molecular complexity index is 466. The average Bonchev–Trinajstić information content (AvgIpc) is 2.27. The van der Waals surface area contributed by atoms with E-state index in [4.69, 9.17) is 5.73 Å². The van der Waals surface area contributed by atoms with Gasteiger partial charge in [0, 0.05) is 17.8 Å². The van der Waals surface area contributed by atoms with Gasteiger partial charge in [0.25, 0.3) is 6.43 Å². The highest BCUT2D eigenvalue weighted by Gasteiger charge is 2.19. The Morgan fingerprint density at radius 1 is 1.20 bits per heavy atom. The SMILES string of the molecule is NC(c1cccc2cnccc12)C(F)F. The van der Waals surface area contributed by atoms with Crippen LogP contribution in [0.2, 0.25) is 0 Å². The minimum absolute atomic E-state index is 0.463. The van der Waals surface area contributed by atoms with Crippen molar-refractivity contribution in [3.8, 4) is 0 Å². The van der Waals surface area contributed by atoms with E-state index < -0.39 is 12.5 Å². The first-order chi connectivity index (χ1) is 7.20. The number of halogens is 2. The molecule has 1 aromatic heterocycles. The summed E-state index contributed by atoms with van der Waals surface area (Å²) in [7, 11) is 0. The molecule has 2 aromatic rings. The maximum absolute atomic E-state index is 12.5. The van der Waals surface area contributed by atoms with Gasteiger partial charge in [0.2, 0.25) is 0 Å². The maximum atomic E-state index is 12.5. The van der Waals surface area contributed by atoms with Gasteiger partial charge in [-0.25, -0.2) is 8.78 Å². The van der Waals surface area contributed by atoms with E-state index in [2.05, 4.69) is 4.98 Å². The van der Waals surface area contributed by atoms with Crippen LogP contribution in [0, 0.1) is 0 Å². The summed E-state index contributed by atoms with van der Waals surface area (Å²) in [6.07, 6.45) is 0.657. The number of nitrogens with zero attached hydrogens (tertiary/aromatic N) is 1. The monoisotopic (exact) mass is 208 g/mol. The standard InChI is InChI=1S/C11H10F2N2/c12-11(13)10(14)9-3-1-2-7-6-15-5-4-8(7)9/h1-6,10-11H,14H2. The van der Waals surface area contributed by atoms with Gasteiger partial charge in [-0.2, -0.15) is 0 Å². The van der Waals surface area contributed by atoms with E-state index in [1.54, 1.807) is 30.6 Å². The highest BCUT2D eigenvalue weighted by Crippen LogP contribution is 2.25. The molecule has 0 amide bonds. The van der Waals surface area contributed by atoms with Crippen molar-refractivity contribution < 1.29 is 8.78 Å². The Balaban J connectivity index is 2.60. The number of nitrogens with two attached hydrogens (primary N) is 1. The van der Waals surface area contributed by atoms with Gasteiger partial charge >= 0.3 is 0 Å². The van der Waals surface area contributed by atoms with Crippen molar-refractivity contribution in [1.29, 1.82) is 0 Å². The van der Waals surface area contributed by atoms with E-state index in [1.165, 1.54) is 0 Å². The average molecular weight is 208 g/mol. The lowest BCUT2D eigenvalue weighted by molar-refractivity contribution is 0.117. The molecule has 1 aromatic carbocycles. The first-order valence-electron chi connectivity index (χ1n) is 4.56. The third-order valence-corrected chi connectivity index (χ3v) is 2.35. The smallest absolute Gasteiger partial charge is 0.257 e. The van der Waals surface area contributed by atoms with Crippen molar-refractivity contribution in [1.82, 2.24) is 4.98 Å². The van der Waals surface area contributed by atoms with E-state index in [9.17, 15) is 8.78 Å². The molecule has 0 aliphatic heterocycles. The number of fused-ring (bicyclic) bond motifs is 1. The molecule has 4 heteroatoms. The number of hydrogen-bond acceptors (Lipinski definition) is 2. The summed E-state index contributed by atoms with van der Waals surface area (Å²) >= 11 is 0. The van der Waals surface area contributed by atoms with Crippen LogP contribution in [0.4, 0.5) is 8.78 Å². The number of benzene rings is 1. The van der Waals surface area contributed by atoms with Crippen LogP contribution in [0.1, 0.15) is 11.6 Å². The number of hydrogen-bond donors (Lipinski definition) is 1. The van der Waals surface area contributed by atoms with Crippen molar-refractivity contribution in [3.63, 3.8) is 0 Å². The van der Waals surface area contributed by atoms with Crippen LogP contribution in [0.15, 0.2) is 36.7 Å². The summed E-state index contributed by atoms with van der Waals surface area (Å²) in [6, 6.07) is 5.62. The maximum Gasteiger partial charge on any atom is 0.257 e. The predicted octanol–water partition coefficient (Wildman–Crippen LogP) is 2.50. The molecular formula is C11H10F2N2. The van der Waals surface area contributed by atoms with Crippen molar-refractivity contribution >= 4 is 10.8 Å². The predicted molar refractivity (Wildman–Crippen MR) is 54.7 cm³/mol. The quantitative estimate of drug-likeness (QED) is 0.823. The molecule has 2 rings (SSSR count). The van der Waals surface area contributed by atoms with Crippen molar-refractivity contribution in [2.75, 3.05) is 0 Å². The third kappa shape index (κ3) is 1.80. The van der Waals surface area contributed by atoms with Crippen molar-refractivity contribution in [2.45, 2.75) is 12.5 Å². The molecule has 0 aliphatic carbocycles. The van der Waals surface area contributed by atoms with Gasteiger partial charge in [-0.1, -0.05) is 18.2 Å². The lowest BCUT2D eigenvalue weighted by Crippen LogP contribution is -2.19. The van der Waals surface area contributed by atoms with E-state index in [-0.39, 0.29) is 0 Å². The number of aromatic nitrogens is 1. The molecule has 0 saturated carbocycles. The van der Waals surface area contributed by atoms with Crippen LogP contribution in [0.5, 0.6) is 0 Å². The zero-order valence-corrected chi connectivity index (χ0v) is 7.90. The van der Waals surface area contributed by atoms with Gasteiger partial charge in [0.1, 0.15) is 0 Å². The highest BCUT2D eigenvalue weighted by atomic mass is 19.3. The molecule has 0 aliphatic rings. The number of rotatable bonds is 2. The molecule has 78 valence electrons. The Morgan fingerprint density at radius 3 is 2.73 bits per heavy atom. The molecule has 0 saturated heterocycles. The normalized spacial score (nSPS) is 13.3. The van der Waals surface area contributed by atoms with Crippen LogP contribution in [-0.2, 0) is 0 Å². The second-order valence-electron chi connectivity index (χ2n) is 3.30. The van der Waals surface area contributed by atoms with E-state index in [1.807, 2.05) is 6.07 Å². The molecule has 15 heavy (non-hydrogen) atoms. The third-order valence-electron chi connectivity index (χ3n) is 2.35. The zero-order chi connectivity index (χ0) is 10.8. The highest BCUT2D eigenvalue weighted by molar-refractivity contribution is 5.85. The van der Waals surface area contributed by atoms with Crippen LogP contribution in [0.25, 0.3) is 10.8 Å².